The van der Waals surface area contributed by atoms with Crippen LogP contribution >= 0.6 is 0 Å². The summed E-state index contributed by atoms with van der Waals surface area (Å²) in [5.41, 5.74) is 8.54. The van der Waals surface area contributed by atoms with E-state index in [4.69, 9.17) is 11.0 Å². The van der Waals surface area contributed by atoms with Gasteiger partial charge in [-0.3, -0.25) is 4.90 Å². The normalized spacial score (nSPS) is 10.7. The van der Waals surface area contributed by atoms with Gasteiger partial charge in [0.2, 0.25) is 0 Å². The second kappa shape index (κ2) is 7.29. The highest BCUT2D eigenvalue weighted by atomic mass is 19.1. The van der Waals surface area contributed by atoms with Crippen LogP contribution in [-0.2, 0) is 12.8 Å². The van der Waals surface area contributed by atoms with E-state index in [1.54, 1.807) is 13.0 Å². The molecule has 1 aromatic carbocycles. The summed E-state index contributed by atoms with van der Waals surface area (Å²) in [6, 6.07) is 6.18. The summed E-state index contributed by atoms with van der Waals surface area (Å²) in [7, 11) is 0. The van der Waals surface area contributed by atoms with Crippen LogP contribution in [0.5, 0.6) is 0 Å². The number of carbonyl (C=O) groups is 1. The molecule has 3 rings (SSSR count). The first kappa shape index (κ1) is 18.1. The topological polar surface area (TPSA) is 132 Å². The van der Waals surface area contributed by atoms with Gasteiger partial charge in [0.15, 0.2) is 5.82 Å². The summed E-state index contributed by atoms with van der Waals surface area (Å²) in [5, 5.41) is 18.3. The average Bonchev–Trinajstić information content (AvgIpc) is 3.12. The van der Waals surface area contributed by atoms with E-state index in [2.05, 4.69) is 15.0 Å². The maximum absolute atomic E-state index is 13.5. The summed E-state index contributed by atoms with van der Waals surface area (Å²) in [5.74, 6) is -0.172. The van der Waals surface area contributed by atoms with Crippen LogP contribution in [-0.4, -0.2) is 32.7 Å². The fraction of sp³-hybridized carbons (Fsp3) is 0.222. The van der Waals surface area contributed by atoms with Crippen molar-refractivity contribution in [2.24, 2.45) is 0 Å². The number of H-pyrrole nitrogens is 1. The molecule has 0 atom stereocenters. The first-order chi connectivity index (χ1) is 13.0. The molecule has 2 heterocycles. The van der Waals surface area contributed by atoms with Gasteiger partial charge < -0.3 is 15.8 Å². The van der Waals surface area contributed by atoms with Crippen molar-refractivity contribution in [1.29, 1.82) is 5.26 Å². The minimum Gasteiger partial charge on any atom is -0.465 e. The molecular formula is C18H17FN6O2. The Bertz CT molecular complexity index is 1060. The number of nitriles is 1. The Morgan fingerprint density at radius 1 is 1.44 bits per heavy atom. The molecule has 138 valence electrons. The number of rotatable bonds is 5. The third-order valence-electron chi connectivity index (χ3n) is 4.30. The number of imidazole rings is 1. The molecule has 0 aliphatic heterocycles. The lowest BCUT2D eigenvalue weighted by atomic mass is 10.0. The molecule has 9 heteroatoms. The molecule has 0 spiro atoms. The molecule has 2 aromatic heterocycles. The Labute approximate surface area is 154 Å². The van der Waals surface area contributed by atoms with Crippen molar-refractivity contribution in [2.75, 3.05) is 17.2 Å². The number of fused-ring (bicyclic) bond motifs is 1. The van der Waals surface area contributed by atoms with Crippen LogP contribution < -0.4 is 10.6 Å². The first-order valence-electron chi connectivity index (χ1n) is 8.26. The number of pyridine rings is 1. The van der Waals surface area contributed by atoms with Gasteiger partial charge in [0, 0.05) is 12.1 Å². The van der Waals surface area contributed by atoms with E-state index in [-0.39, 0.29) is 23.7 Å². The van der Waals surface area contributed by atoms with E-state index in [9.17, 15) is 14.3 Å². The Morgan fingerprint density at radius 3 is 2.89 bits per heavy atom. The number of nitrogens with one attached hydrogen (secondary N) is 1. The van der Waals surface area contributed by atoms with Crippen molar-refractivity contribution in [2.45, 2.75) is 19.8 Å². The van der Waals surface area contributed by atoms with Crippen molar-refractivity contribution in [1.82, 2.24) is 15.0 Å². The number of aromatic nitrogens is 3. The molecule has 0 fully saturated rings. The maximum Gasteiger partial charge on any atom is 0.413 e. The predicted octanol–water partition coefficient (Wildman–Crippen LogP) is 2.84. The van der Waals surface area contributed by atoms with E-state index in [1.165, 1.54) is 18.5 Å². The lowest BCUT2D eigenvalue weighted by molar-refractivity contribution is 0.202. The zero-order valence-corrected chi connectivity index (χ0v) is 14.5. The van der Waals surface area contributed by atoms with Gasteiger partial charge in [0.25, 0.3) is 0 Å². The summed E-state index contributed by atoms with van der Waals surface area (Å²) >= 11 is 0. The summed E-state index contributed by atoms with van der Waals surface area (Å²) in [4.78, 5) is 24.0. The molecule has 0 aliphatic rings. The van der Waals surface area contributed by atoms with Gasteiger partial charge in [-0.05, 0) is 37.5 Å². The predicted molar refractivity (Wildman–Crippen MR) is 97.9 cm³/mol. The van der Waals surface area contributed by atoms with Crippen LogP contribution in [0.25, 0.3) is 11.0 Å². The first-order valence-corrected chi connectivity index (χ1v) is 8.26. The second-order valence-electron chi connectivity index (χ2n) is 5.88. The third-order valence-corrected chi connectivity index (χ3v) is 4.30. The number of carboxylic acid groups (broad SMARTS) is 1. The molecule has 0 aliphatic carbocycles. The number of amides is 1. The average molecular weight is 368 g/mol. The molecular weight excluding hydrogens is 351 g/mol. The number of benzene rings is 1. The van der Waals surface area contributed by atoms with Crippen LogP contribution in [0.3, 0.4) is 0 Å². The quantitative estimate of drug-likeness (QED) is 0.634. The van der Waals surface area contributed by atoms with E-state index in [0.29, 0.717) is 29.4 Å². The molecule has 0 saturated carbocycles. The van der Waals surface area contributed by atoms with E-state index in [1.807, 2.05) is 6.07 Å². The van der Waals surface area contributed by atoms with Crippen molar-refractivity contribution in [3.05, 3.63) is 47.0 Å². The van der Waals surface area contributed by atoms with Crippen LogP contribution in [0.2, 0.25) is 0 Å². The van der Waals surface area contributed by atoms with Gasteiger partial charge in [-0.15, -0.1) is 0 Å². The van der Waals surface area contributed by atoms with Crippen LogP contribution in [0.1, 0.15) is 23.6 Å². The smallest absolute Gasteiger partial charge is 0.413 e. The molecule has 0 saturated heterocycles. The van der Waals surface area contributed by atoms with Crippen molar-refractivity contribution in [3.63, 3.8) is 0 Å². The van der Waals surface area contributed by atoms with Gasteiger partial charge in [0.05, 0.1) is 17.4 Å². The van der Waals surface area contributed by atoms with Crippen molar-refractivity contribution in [3.8, 4) is 6.07 Å². The van der Waals surface area contributed by atoms with Crippen LogP contribution in [0.15, 0.2) is 24.5 Å². The number of nitrogens with two attached hydrogens (primary N) is 1. The second-order valence-corrected chi connectivity index (χ2v) is 5.88. The van der Waals surface area contributed by atoms with Gasteiger partial charge in [-0.25, -0.2) is 19.2 Å². The molecule has 0 unspecified atom stereocenters. The number of nitrogen functional groups attached to an aromatic ring is 1. The minimum absolute atomic E-state index is 0.0149. The van der Waals surface area contributed by atoms with Crippen LogP contribution in [0, 0.1) is 17.1 Å². The third kappa shape index (κ3) is 3.37. The fourth-order valence-corrected chi connectivity index (χ4v) is 2.95. The molecule has 1 amide bonds. The van der Waals surface area contributed by atoms with E-state index < -0.39 is 11.9 Å². The molecule has 3 aromatic rings. The lowest BCUT2D eigenvalue weighted by Crippen LogP contribution is -2.30. The summed E-state index contributed by atoms with van der Waals surface area (Å²) < 4.78 is 13.5. The number of anilines is 2. The van der Waals surface area contributed by atoms with Crippen LogP contribution in [0.4, 0.5) is 20.8 Å². The molecule has 0 bridgehead atoms. The van der Waals surface area contributed by atoms with Gasteiger partial charge in [0.1, 0.15) is 23.2 Å². The molecule has 0 radical (unpaired) electrons. The minimum atomic E-state index is -1.14. The van der Waals surface area contributed by atoms with Gasteiger partial charge in [-0.2, -0.15) is 5.26 Å². The van der Waals surface area contributed by atoms with E-state index in [0.717, 1.165) is 10.5 Å². The number of nitrogens with zero attached hydrogens (tertiary/aromatic N) is 4. The summed E-state index contributed by atoms with van der Waals surface area (Å²) in [6.07, 6.45) is 1.28. The monoisotopic (exact) mass is 368 g/mol. The number of halogens is 1. The maximum atomic E-state index is 13.5. The standard InChI is InChI=1S/C18H17FN6O2/c1-2-25(18(26)27)17-15-14(22-9-23-15)12(16(21)24-17)5-3-10-4-6-13(19)11(7-10)8-20/h4,6-7,9H,2-3,5H2,1H3,(H2,21,24)(H,22,23)(H,26,27). The Kier molecular flexibility index (Phi) is 4.90. The number of aryl methyl sites for hydroxylation is 2. The molecule has 27 heavy (non-hydrogen) atoms. The zero-order chi connectivity index (χ0) is 19.6. The Hall–Kier alpha value is -3.67. The molecule has 4 N–H and O–H groups in total. The largest absolute Gasteiger partial charge is 0.465 e. The summed E-state index contributed by atoms with van der Waals surface area (Å²) in [6.45, 7) is 1.91. The lowest BCUT2D eigenvalue weighted by Gasteiger charge is -2.18. The van der Waals surface area contributed by atoms with Gasteiger partial charge in [-0.1, -0.05) is 6.07 Å². The Morgan fingerprint density at radius 2 is 2.22 bits per heavy atom. The Balaban J connectivity index is 1.97. The highest BCUT2D eigenvalue weighted by Gasteiger charge is 2.22. The van der Waals surface area contributed by atoms with E-state index >= 15 is 0 Å². The highest BCUT2D eigenvalue weighted by Crippen LogP contribution is 2.29. The number of hydrogen-bond donors (Lipinski definition) is 3. The fourth-order valence-electron chi connectivity index (χ4n) is 2.95. The van der Waals surface area contributed by atoms with Gasteiger partial charge >= 0.3 is 6.09 Å². The SMILES string of the molecule is CCN(C(=O)O)c1nc(N)c(CCc2ccc(F)c(C#N)c2)c2nc[nH]c12. The number of aromatic amines is 1. The highest BCUT2D eigenvalue weighted by molar-refractivity contribution is 5.98. The van der Waals surface area contributed by atoms with Crippen molar-refractivity contribution < 1.29 is 14.3 Å². The number of hydrogen-bond acceptors (Lipinski definition) is 5. The zero-order valence-electron chi connectivity index (χ0n) is 14.5. The van der Waals surface area contributed by atoms with Crippen molar-refractivity contribution >= 4 is 28.8 Å². The molecule has 8 nitrogen and oxygen atoms in total.